The molecule has 2 fully saturated rings. The molecule has 30 heavy (non-hydrogen) atoms. The first kappa shape index (κ1) is 22.6. The highest BCUT2D eigenvalue weighted by Crippen LogP contribution is 2.32. The predicted molar refractivity (Wildman–Crippen MR) is 117 cm³/mol. The summed E-state index contributed by atoms with van der Waals surface area (Å²) in [6, 6.07) is -0.0632. The van der Waals surface area contributed by atoms with Crippen LogP contribution < -0.4 is 10.6 Å². The van der Waals surface area contributed by atoms with Crippen molar-refractivity contribution in [1.82, 2.24) is 14.3 Å². The van der Waals surface area contributed by atoms with Crippen molar-refractivity contribution in [2.75, 3.05) is 30.0 Å². The molecule has 0 amide bonds. The van der Waals surface area contributed by atoms with Crippen molar-refractivity contribution in [3.05, 3.63) is 17.8 Å². The van der Waals surface area contributed by atoms with Crippen LogP contribution >= 0.6 is 0 Å². The van der Waals surface area contributed by atoms with Gasteiger partial charge in [-0.05, 0) is 58.1 Å². The Morgan fingerprint density at radius 1 is 1.30 bits per heavy atom. The van der Waals surface area contributed by atoms with Crippen LogP contribution in [0.4, 0.5) is 11.8 Å². The van der Waals surface area contributed by atoms with Gasteiger partial charge in [0.15, 0.2) is 5.78 Å². The second-order valence-corrected chi connectivity index (χ2v) is 10.5. The molecule has 1 aliphatic heterocycles. The number of carbonyl (C=O) groups is 1. The van der Waals surface area contributed by atoms with Crippen molar-refractivity contribution in [2.45, 2.75) is 63.6 Å². The van der Waals surface area contributed by atoms with E-state index in [0.717, 1.165) is 19.3 Å². The van der Waals surface area contributed by atoms with Gasteiger partial charge in [-0.1, -0.05) is 0 Å². The maximum absolute atomic E-state index is 11.7. The normalized spacial score (nSPS) is 26.2. The number of anilines is 2. The Labute approximate surface area is 178 Å². The Balaban J connectivity index is 1.75. The summed E-state index contributed by atoms with van der Waals surface area (Å²) in [6.07, 6.45) is 9.83. The summed E-state index contributed by atoms with van der Waals surface area (Å²) in [5, 5.41) is 17.2. The monoisotopic (exact) mass is 437 g/mol. The van der Waals surface area contributed by atoms with Gasteiger partial charge in [0.05, 0.1) is 17.9 Å². The molecule has 0 unspecified atom stereocenters. The second kappa shape index (κ2) is 8.99. The average molecular weight is 438 g/mol. The molecule has 0 bridgehead atoms. The number of carbonyl (C=O) groups excluding carboxylic acids is 1. The van der Waals surface area contributed by atoms with Gasteiger partial charge in [-0.25, -0.2) is 17.7 Å². The van der Waals surface area contributed by atoms with Gasteiger partial charge in [-0.2, -0.15) is 4.98 Å². The molecular weight excluding hydrogens is 406 g/mol. The molecule has 9 nitrogen and oxygen atoms in total. The van der Waals surface area contributed by atoms with E-state index in [1.165, 1.54) is 23.6 Å². The average Bonchev–Trinajstić information content (AvgIpc) is 2.99. The predicted octanol–water partition coefficient (Wildman–Crippen LogP) is 1.63. The van der Waals surface area contributed by atoms with E-state index in [9.17, 15) is 18.3 Å². The summed E-state index contributed by atoms with van der Waals surface area (Å²) in [5.41, 5.74) is -0.149. The highest BCUT2D eigenvalue weighted by molar-refractivity contribution is 7.88. The Bertz CT molecular complexity index is 908. The molecule has 1 aliphatic carbocycles. The third-order valence-electron chi connectivity index (χ3n) is 5.81. The van der Waals surface area contributed by atoms with E-state index in [1.807, 2.05) is 6.92 Å². The SMILES string of the molecule is CC(=O)C=Cc1cnc(NC2CCN(S(C)(=O)=O)CC2)nc1N[C@@H]1CCC[C@@]1(C)O. The van der Waals surface area contributed by atoms with Gasteiger partial charge in [-0.15, -0.1) is 0 Å². The highest BCUT2D eigenvalue weighted by atomic mass is 32.2. The molecule has 1 aromatic heterocycles. The molecule has 2 aliphatic rings. The Morgan fingerprint density at radius 2 is 2.00 bits per heavy atom. The number of aromatic nitrogens is 2. The Hall–Kier alpha value is -2.04. The highest BCUT2D eigenvalue weighted by Gasteiger charge is 2.37. The molecule has 1 saturated heterocycles. The number of nitrogens with one attached hydrogen (secondary N) is 2. The van der Waals surface area contributed by atoms with Crippen molar-refractivity contribution < 1.29 is 18.3 Å². The fourth-order valence-electron chi connectivity index (χ4n) is 3.96. The van der Waals surface area contributed by atoms with E-state index < -0.39 is 15.6 Å². The fraction of sp³-hybridized carbons (Fsp3) is 0.650. The van der Waals surface area contributed by atoms with Crippen molar-refractivity contribution >= 4 is 33.6 Å². The van der Waals surface area contributed by atoms with Crippen LogP contribution in [0.25, 0.3) is 6.08 Å². The zero-order chi connectivity index (χ0) is 21.9. The first-order valence-corrected chi connectivity index (χ1v) is 12.2. The van der Waals surface area contributed by atoms with Gasteiger partial charge in [0.2, 0.25) is 16.0 Å². The molecule has 1 aromatic rings. The molecular formula is C20H31N5O4S. The Kier molecular flexibility index (Phi) is 6.78. The van der Waals surface area contributed by atoms with Gasteiger partial charge >= 0.3 is 0 Å². The molecule has 166 valence electrons. The number of sulfonamides is 1. The largest absolute Gasteiger partial charge is 0.388 e. The summed E-state index contributed by atoms with van der Waals surface area (Å²) in [6.45, 7) is 4.22. The quantitative estimate of drug-likeness (QED) is 0.550. The van der Waals surface area contributed by atoms with Gasteiger partial charge in [0, 0.05) is 30.9 Å². The second-order valence-electron chi connectivity index (χ2n) is 8.47. The first-order chi connectivity index (χ1) is 14.0. The van der Waals surface area contributed by atoms with E-state index in [1.54, 1.807) is 12.3 Å². The van der Waals surface area contributed by atoms with Crippen molar-refractivity contribution in [3.63, 3.8) is 0 Å². The molecule has 2 atom stereocenters. The molecule has 0 aromatic carbocycles. The molecule has 3 rings (SSSR count). The number of nitrogens with zero attached hydrogens (tertiary/aromatic N) is 3. The van der Waals surface area contributed by atoms with E-state index >= 15 is 0 Å². The summed E-state index contributed by atoms with van der Waals surface area (Å²) in [5.74, 6) is 0.923. The maximum Gasteiger partial charge on any atom is 0.224 e. The minimum Gasteiger partial charge on any atom is -0.388 e. The van der Waals surface area contributed by atoms with Crippen LogP contribution in [0.15, 0.2) is 12.3 Å². The number of aliphatic hydroxyl groups is 1. The number of allylic oxidation sites excluding steroid dienone is 1. The Morgan fingerprint density at radius 3 is 2.57 bits per heavy atom. The molecule has 0 radical (unpaired) electrons. The number of ketones is 1. The maximum atomic E-state index is 11.7. The van der Waals surface area contributed by atoms with E-state index in [2.05, 4.69) is 20.6 Å². The molecule has 10 heteroatoms. The smallest absolute Gasteiger partial charge is 0.224 e. The molecule has 2 heterocycles. The van der Waals surface area contributed by atoms with Crippen LogP contribution in [0.5, 0.6) is 0 Å². The van der Waals surface area contributed by atoms with Gasteiger partial charge in [0.25, 0.3) is 0 Å². The van der Waals surface area contributed by atoms with E-state index in [0.29, 0.717) is 43.3 Å². The van der Waals surface area contributed by atoms with Crippen molar-refractivity contribution in [1.29, 1.82) is 0 Å². The van der Waals surface area contributed by atoms with Crippen LogP contribution in [0.1, 0.15) is 51.5 Å². The van der Waals surface area contributed by atoms with Crippen molar-refractivity contribution in [2.24, 2.45) is 0 Å². The first-order valence-electron chi connectivity index (χ1n) is 10.3. The lowest BCUT2D eigenvalue weighted by atomic mass is 10.0. The fourth-order valence-corrected chi connectivity index (χ4v) is 4.84. The van der Waals surface area contributed by atoms with Gasteiger partial charge < -0.3 is 15.7 Å². The lowest BCUT2D eigenvalue weighted by Crippen LogP contribution is -2.42. The molecule has 0 spiro atoms. The zero-order valence-corrected chi connectivity index (χ0v) is 18.6. The standard InChI is InChI=1S/C20H31N5O4S/c1-14(26)6-7-15-13-21-19(22-16-8-11-25(12-9-16)30(3,28)29)24-18(15)23-17-5-4-10-20(17,2)27/h6-7,13,16-17,27H,4-5,8-12H2,1-3H3,(H2,21,22,23,24)/t17-,20-/m1/s1. The number of hydrogen-bond acceptors (Lipinski definition) is 8. The molecule has 1 saturated carbocycles. The lowest BCUT2D eigenvalue weighted by Gasteiger charge is -2.31. The number of piperidine rings is 1. The topological polar surface area (TPSA) is 125 Å². The lowest BCUT2D eigenvalue weighted by molar-refractivity contribution is -0.112. The third-order valence-corrected chi connectivity index (χ3v) is 7.11. The summed E-state index contributed by atoms with van der Waals surface area (Å²) in [4.78, 5) is 20.3. The summed E-state index contributed by atoms with van der Waals surface area (Å²) >= 11 is 0. The van der Waals surface area contributed by atoms with Crippen LogP contribution in [0.2, 0.25) is 0 Å². The van der Waals surface area contributed by atoms with Crippen LogP contribution in [0, 0.1) is 0 Å². The minimum absolute atomic E-state index is 0.0732. The van der Waals surface area contributed by atoms with Gasteiger partial charge in [0.1, 0.15) is 5.82 Å². The summed E-state index contributed by atoms with van der Waals surface area (Å²) in [7, 11) is -3.17. The van der Waals surface area contributed by atoms with Crippen LogP contribution in [0.3, 0.4) is 0 Å². The van der Waals surface area contributed by atoms with Crippen LogP contribution in [-0.4, -0.2) is 70.6 Å². The molecule has 3 N–H and O–H groups in total. The summed E-state index contributed by atoms with van der Waals surface area (Å²) < 4.78 is 24.8. The van der Waals surface area contributed by atoms with E-state index in [-0.39, 0.29) is 17.9 Å². The van der Waals surface area contributed by atoms with Gasteiger partial charge in [-0.3, -0.25) is 4.79 Å². The van der Waals surface area contributed by atoms with E-state index in [4.69, 9.17) is 0 Å². The van der Waals surface area contributed by atoms with Crippen molar-refractivity contribution in [3.8, 4) is 0 Å². The number of rotatable bonds is 7. The van der Waals surface area contributed by atoms with Crippen LogP contribution in [-0.2, 0) is 14.8 Å². The zero-order valence-electron chi connectivity index (χ0n) is 17.8. The number of hydrogen-bond donors (Lipinski definition) is 3. The third kappa shape index (κ3) is 5.77. The minimum atomic E-state index is -3.17.